The minimum absolute atomic E-state index is 0.188. The molecule has 0 radical (unpaired) electrons. The molecule has 0 saturated heterocycles. The number of carbonyl (C=O) groups excluding carboxylic acids is 1. The van der Waals surface area contributed by atoms with E-state index in [1.54, 1.807) is 0 Å². The van der Waals surface area contributed by atoms with Crippen LogP contribution in [0, 0.1) is 5.41 Å². The van der Waals surface area contributed by atoms with Crippen molar-refractivity contribution < 1.29 is 14.7 Å². The third kappa shape index (κ3) is 4.69. The zero-order valence-electron chi connectivity index (χ0n) is 12.7. The number of carboxylic acids is 1. The Hall–Kier alpha value is -1.26. The van der Waals surface area contributed by atoms with Gasteiger partial charge in [-0.15, -0.1) is 0 Å². The van der Waals surface area contributed by atoms with Gasteiger partial charge in [0.1, 0.15) is 0 Å². The summed E-state index contributed by atoms with van der Waals surface area (Å²) in [6, 6.07) is 0.00408. The van der Waals surface area contributed by atoms with Crippen molar-refractivity contribution in [2.45, 2.75) is 71.3 Å². The second-order valence-corrected chi connectivity index (χ2v) is 5.81. The lowest BCUT2D eigenvalue weighted by molar-refractivity contribution is -0.149. The molecule has 2 amide bonds. The summed E-state index contributed by atoms with van der Waals surface area (Å²) >= 11 is 0. The second-order valence-electron chi connectivity index (χ2n) is 5.81. The molecule has 5 nitrogen and oxygen atoms in total. The molecule has 0 spiro atoms. The van der Waals surface area contributed by atoms with E-state index in [1.807, 2.05) is 13.8 Å². The average molecular weight is 284 g/mol. The summed E-state index contributed by atoms with van der Waals surface area (Å²) in [5.41, 5.74) is -0.846. The number of hydrogen-bond donors (Lipinski definition) is 3. The quantitative estimate of drug-likeness (QED) is 0.656. The second kappa shape index (κ2) is 8.12. The zero-order chi connectivity index (χ0) is 15.0. The third-order valence-corrected chi connectivity index (χ3v) is 4.58. The van der Waals surface area contributed by atoms with Crippen LogP contribution in [0.2, 0.25) is 0 Å². The predicted octanol–water partition coefficient (Wildman–Crippen LogP) is 2.90. The van der Waals surface area contributed by atoms with Crippen LogP contribution >= 0.6 is 0 Å². The fourth-order valence-corrected chi connectivity index (χ4v) is 2.79. The van der Waals surface area contributed by atoms with Gasteiger partial charge in [-0.1, -0.05) is 39.5 Å². The predicted molar refractivity (Wildman–Crippen MR) is 78.7 cm³/mol. The zero-order valence-corrected chi connectivity index (χ0v) is 12.7. The molecule has 0 heterocycles. The van der Waals surface area contributed by atoms with Crippen LogP contribution in [-0.2, 0) is 4.79 Å². The number of hydrogen-bond acceptors (Lipinski definition) is 2. The van der Waals surface area contributed by atoms with Crippen molar-refractivity contribution in [3.05, 3.63) is 0 Å². The molecule has 1 fully saturated rings. The Kier molecular flexibility index (Phi) is 6.82. The first-order valence-electron chi connectivity index (χ1n) is 7.82. The van der Waals surface area contributed by atoms with Gasteiger partial charge < -0.3 is 15.7 Å². The van der Waals surface area contributed by atoms with Gasteiger partial charge in [0.15, 0.2) is 0 Å². The van der Waals surface area contributed by atoms with Crippen LogP contribution in [-0.4, -0.2) is 29.7 Å². The van der Waals surface area contributed by atoms with Gasteiger partial charge in [-0.3, -0.25) is 4.79 Å². The Labute approximate surface area is 121 Å². The summed E-state index contributed by atoms with van der Waals surface area (Å²) in [7, 11) is 0. The minimum Gasteiger partial charge on any atom is -0.481 e. The van der Waals surface area contributed by atoms with Crippen molar-refractivity contribution in [3.8, 4) is 0 Å². The summed E-state index contributed by atoms with van der Waals surface area (Å²) in [5.74, 6) is -0.836. The van der Waals surface area contributed by atoms with E-state index >= 15 is 0 Å². The summed E-state index contributed by atoms with van der Waals surface area (Å²) in [6.45, 7) is 3.89. The number of amides is 2. The molecule has 0 aromatic carbocycles. The maximum absolute atomic E-state index is 11.9. The number of carbonyl (C=O) groups is 2. The first-order valence-corrected chi connectivity index (χ1v) is 7.82. The highest BCUT2D eigenvalue weighted by Gasteiger charge is 2.35. The van der Waals surface area contributed by atoms with E-state index < -0.39 is 11.4 Å². The third-order valence-electron chi connectivity index (χ3n) is 4.58. The van der Waals surface area contributed by atoms with Crippen molar-refractivity contribution in [2.24, 2.45) is 5.41 Å². The number of nitrogens with one attached hydrogen (secondary N) is 2. The van der Waals surface area contributed by atoms with Crippen LogP contribution in [0.3, 0.4) is 0 Å². The molecule has 3 N–H and O–H groups in total. The highest BCUT2D eigenvalue weighted by Crippen LogP contribution is 2.25. The van der Waals surface area contributed by atoms with Crippen LogP contribution in [0.4, 0.5) is 4.79 Å². The summed E-state index contributed by atoms with van der Waals surface area (Å²) < 4.78 is 0. The smallest absolute Gasteiger partial charge is 0.315 e. The monoisotopic (exact) mass is 284 g/mol. The molecule has 1 aliphatic rings. The Bertz CT molecular complexity index is 319. The molecular weight excluding hydrogens is 256 g/mol. The van der Waals surface area contributed by atoms with Crippen LogP contribution in [0.1, 0.15) is 65.2 Å². The van der Waals surface area contributed by atoms with E-state index in [9.17, 15) is 14.7 Å². The molecule has 0 atom stereocenters. The molecule has 116 valence electrons. The highest BCUT2D eigenvalue weighted by molar-refractivity contribution is 5.78. The number of urea groups is 1. The van der Waals surface area contributed by atoms with Gasteiger partial charge in [-0.05, 0) is 25.7 Å². The Balaban J connectivity index is 2.43. The maximum atomic E-state index is 11.9. The topological polar surface area (TPSA) is 78.4 Å². The minimum atomic E-state index is -0.846. The van der Waals surface area contributed by atoms with E-state index in [2.05, 4.69) is 10.6 Å². The summed E-state index contributed by atoms with van der Waals surface area (Å²) in [4.78, 5) is 23.3. The molecular formula is C15H28N2O3. The lowest BCUT2D eigenvalue weighted by Crippen LogP contribution is -2.48. The van der Waals surface area contributed by atoms with E-state index in [4.69, 9.17) is 0 Å². The van der Waals surface area contributed by atoms with Crippen molar-refractivity contribution in [1.82, 2.24) is 10.6 Å². The van der Waals surface area contributed by atoms with Gasteiger partial charge in [-0.25, -0.2) is 4.79 Å². The summed E-state index contributed by atoms with van der Waals surface area (Å²) in [5, 5.41) is 15.0. The molecule has 1 saturated carbocycles. The molecule has 1 aliphatic carbocycles. The molecule has 0 aromatic rings. The Morgan fingerprint density at radius 2 is 1.65 bits per heavy atom. The average Bonchev–Trinajstić information content (AvgIpc) is 2.69. The first-order chi connectivity index (χ1) is 9.54. The number of carboxylic acid groups (broad SMARTS) is 1. The number of rotatable bonds is 6. The number of aliphatic carboxylic acids is 1. The van der Waals surface area contributed by atoms with Crippen molar-refractivity contribution in [2.75, 3.05) is 6.54 Å². The largest absolute Gasteiger partial charge is 0.481 e. The fourth-order valence-electron chi connectivity index (χ4n) is 2.79. The molecule has 1 rings (SSSR count). The van der Waals surface area contributed by atoms with E-state index in [0.29, 0.717) is 12.8 Å². The standard InChI is InChI=1S/C15H28N2O3/c1-3-15(4-2,13(18)19)11-16-14(20)17-12-9-7-5-6-8-10-12/h12H,3-11H2,1-2H3,(H,18,19)(H2,16,17,20). The van der Waals surface area contributed by atoms with Crippen molar-refractivity contribution in [3.63, 3.8) is 0 Å². The van der Waals surface area contributed by atoms with Gasteiger partial charge in [-0.2, -0.15) is 0 Å². The molecule has 5 heteroatoms. The lowest BCUT2D eigenvalue weighted by atomic mass is 9.82. The molecule has 20 heavy (non-hydrogen) atoms. The van der Waals surface area contributed by atoms with Crippen LogP contribution in [0.5, 0.6) is 0 Å². The van der Waals surface area contributed by atoms with E-state index in [-0.39, 0.29) is 18.6 Å². The maximum Gasteiger partial charge on any atom is 0.315 e. The Morgan fingerprint density at radius 3 is 2.10 bits per heavy atom. The first kappa shape index (κ1) is 16.8. The molecule has 0 aromatic heterocycles. The SMILES string of the molecule is CCC(CC)(CNC(=O)NC1CCCCCC1)C(=O)O. The van der Waals surface area contributed by atoms with E-state index in [1.165, 1.54) is 12.8 Å². The highest BCUT2D eigenvalue weighted by atomic mass is 16.4. The van der Waals surface area contributed by atoms with Gasteiger partial charge in [0.2, 0.25) is 0 Å². The normalized spacial score (nSPS) is 17.3. The van der Waals surface area contributed by atoms with Gasteiger partial charge in [0.25, 0.3) is 0 Å². The van der Waals surface area contributed by atoms with Gasteiger partial charge in [0, 0.05) is 12.6 Å². The van der Waals surface area contributed by atoms with Gasteiger partial charge in [0.05, 0.1) is 5.41 Å². The van der Waals surface area contributed by atoms with Crippen molar-refractivity contribution >= 4 is 12.0 Å². The Morgan fingerprint density at radius 1 is 1.10 bits per heavy atom. The van der Waals surface area contributed by atoms with Crippen LogP contribution in [0.15, 0.2) is 0 Å². The molecule has 0 bridgehead atoms. The molecule has 0 unspecified atom stereocenters. The van der Waals surface area contributed by atoms with Gasteiger partial charge >= 0.3 is 12.0 Å². The fraction of sp³-hybridized carbons (Fsp3) is 0.867. The van der Waals surface area contributed by atoms with Crippen molar-refractivity contribution in [1.29, 1.82) is 0 Å². The lowest BCUT2D eigenvalue weighted by Gasteiger charge is -2.27. The molecule has 0 aliphatic heterocycles. The van der Waals surface area contributed by atoms with Crippen LogP contribution < -0.4 is 10.6 Å². The summed E-state index contributed by atoms with van der Waals surface area (Å²) in [6.07, 6.45) is 7.90. The van der Waals surface area contributed by atoms with E-state index in [0.717, 1.165) is 25.7 Å². The van der Waals surface area contributed by atoms with Crippen LogP contribution in [0.25, 0.3) is 0 Å².